The van der Waals surface area contributed by atoms with Gasteiger partial charge in [0.1, 0.15) is 18.0 Å². The van der Waals surface area contributed by atoms with Crippen molar-refractivity contribution < 1.29 is 9.84 Å². The van der Waals surface area contributed by atoms with Crippen LogP contribution in [0.25, 0.3) is 11.4 Å². The number of hydrogen-bond acceptors (Lipinski definition) is 7. The van der Waals surface area contributed by atoms with Gasteiger partial charge in [-0.15, -0.1) is 11.3 Å². The van der Waals surface area contributed by atoms with Crippen LogP contribution in [0.3, 0.4) is 0 Å². The monoisotopic (exact) mass is 502 g/mol. The Balaban J connectivity index is 1.59. The van der Waals surface area contributed by atoms with Crippen LogP contribution in [0.2, 0.25) is 5.02 Å². The van der Waals surface area contributed by atoms with E-state index in [4.69, 9.17) is 27.9 Å². The average Bonchev–Trinajstić information content (AvgIpc) is 3.19. The minimum Gasteiger partial charge on any atom is -0.488 e. The van der Waals surface area contributed by atoms with Gasteiger partial charge in [-0.3, -0.25) is 4.98 Å². The second kappa shape index (κ2) is 9.43. The lowest BCUT2D eigenvalue weighted by molar-refractivity contribution is 0.0688. The topological polar surface area (TPSA) is 71.4 Å². The highest BCUT2D eigenvalue weighted by atomic mass is 35.5. The number of pyridine rings is 1. The molecule has 1 aliphatic rings. The predicted octanol–water partition coefficient (Wildman–Crippen LogP) is 6.18. The number of ether oxygens (including phenoxy) is 1. The summed E-state index contributed by atoms with van der Waals surface area (Å²) < 4.78 is 5.98. The molecule has 1 N–H and O–H groups in total. The van der Waals surface area contributed by atoms with Crippen LogP contribution < -0.4 is 4.90 Å². The number of aliphatic hydroxyl groups is 1. The fourth-order valence-electron chi connectivity index (χ4n) is 3.39. The normalized spacial score (nSPS) is 14.5. The molecule has 0 aromatic carbocycles. The van der Waals surface area contributed by atoms with Gasteiger partial charge in [0.2, 0.25) is 0 Å². The van der Waals surface area contributed by atoms with E-state index in [-0.39, 0.29) is 0 Å². The lowest BCUT2D eigenvalue weighted by Gasteiger charge is -2.30. The van der Waals surface area contributed by atoms with Crippen LogP contribution in [0.1, 0.15) is 37.0 Å². The molecule has 1 aliphatic heterocycles. The zero-order chi connectivity index (χ0) is 23.8. The van der Waals surface area contributed by atoms with Crippen LogP contribution in [0.4, 0.5) is 5.69 Å². The highest BCUT2D eigenvalue weighted by molar-refractivity contribution is 7.10. The van der Waals surface area contributed by atoms with Crippen molar-refractivity contribution in [2.24, 2.45) is 0 Å². The first kappa shape index (κ1) is 23.7. The number of aryl methyl sites for hydroxylation is 1. The van der Waals surface area contributed by atoms with Crippen LogP contribution in [-0.4, -0.2) is 26.6 Å². The second-order valence-corrected chi connectivity index (χ2v) is 10.3. The molecular weight excluding hydrogens is 479 g/mol. The quantitative estimate of drug-likeness (QED) is 0.433. The Bertz CT molecular complexity index is 1250. The molecule has 0 spiro atoms. The Morgan fingerprint density at radius 2 is 1.97 bits per heavy atom. The van der Waals surface area contributed by atoms with Gasteiger partial charge in [-0.2, -0.15) is 0 Å². The van der Waals surface area contributed by atoms with Crippen LogP contribution in [0.15, 0.2) is 58.5 Å². The number of rotatable bonds is 6. The first-order valence-electron chi connectivity index (χ1n) is 10.3. The summed E-state index contributed by atoms with van der Waals surface area (Å²) in [7, 11) is 0. The van der Waals surface area contributed by atoms with Gasteiger partial charge in [-0.25, -0.2) is 9.97 Å². The Morgan fingerprint density at radius 3 is 2.67 bits per heavy atom. The molecule has 172 valence electrons. The zero-order valence-corrected chi connectivity index (χ0v) is 21.1. The number of allylic oxidation sites excluding steroid dienone is 2. The summed E-state index contributed by atoms with van der Waals surface area (Å²) in [6.07, 6.45) is 5.11. The van der Waals surface area contributed by atoms with Crippen molar-refractivity contribution >= 4 is 40.2 Å². The van der Waals surface area contributed by atoms with Crippen LogP contribution in [0.5, 0.6) is 0 Å². The van der Waals surface area contributed by atoms with Gasteiger partial charge in [-0.05, 0) is 51.3 Å². The molecule has 0 fully saturated rings. The molecule has 0 radical (unpaired) electrons. The fraction of sp³-hybridized carbons (Fsp3) is 0.292. The molecule has 9 heteroatoms. The third-order valence-corrected chi connectivity index (χ3v) is 6.61. The summed E-state index contributed by atoms with van der Waals surface area (Å²) in [5.74, 6) is 0.978. The van der Waals surface area contributed by atoms with Crippen molar-refractivity contribution in [2.45, 2.75) is 39.9 Å². The molecule has 0 amide bonds. The molecular formula is C24H24Cl2N4O2S. The lowest BCUT2D eigenvalue weighted by atomic mass is 10.1. The van der Waals surface area contributed by atoms with Crippen LogP contribution >= 0.6 is 34.5 Å². The number of nitrogens with zero attached hydrogens (tertiary/aromatic N) is 4. The number of anilines is 1. The van der Waals surface area contributed by atoms with Gasteiger partial charge in [-0.1, -0.05) is 23.2 Å². The van der Waals surface area contributed by atoms with E-state index in [0.717, 1.165) is 16.9 Å². The van der Waals surface area contributed by atoms with E-state index >= 15 is 0 Å². The first-order valence-corrected chi connectivity index (χ1v) is 12.0. The minimum absolute atomic E-state index is 0.320. The number of hydrogen-bond donors (Lipinski definition) is 1. The van der Waals surface area contributed by atoms with Gasteiger partial charge in [0.05, 0.1) is 33.7 Å². The summed E-state index contributed by atoms with van der Waals surface area (Å²) >= 11 is 14.8. The molecule has 3 aromatic rings. The van der Waals surface area contributed by atoms with Gasteiger partial charge in [0.25, 0.3) is 0 Å². The van der Waals surface area contributed by atoms with Crippen molar-refractivity contribution in [3.63, 3.8) is 0 Å². The fourth-order valence-corrected chi connectivity index (χ4v) is 4.51. The Labute approximate surface area is 207 Å². The van der Waals surface area contributed by atoms with E-state index in [1.165, 1.54) is 4.88 Å². The molecule has 0 bridgehead atoms. The standard InChI is InChI=1S/C24H24Cl2N4O2S/c1-14-7-22(32-12-16-8-15(2)33-13-16)18(26)11-30(14)21-9-20(28-10-17(21)25)19-5-6-27-23(29-19)24(3,4)31/h5-10,13,31H,11-12H2,1-4H3. The van der Waals surface area contributed by atoms with Gasteiger partial charge in [0, 0.05) is 34.6 Å². The van der Waals surface area contributed by atoms with E-state index in [1.807, 2.05) is 24.0 Å². The minimum atomic E-state index is -1.16. The highest BCUT2D eigenvalue weighted by Gasteiger charge is 2.23. The average molecular weight is 503 g/mol. The largest absolute Gasteiger partial charge is 0.488 e. The molecule has 0 aliphatic carbocycles. The van der Waals surface area contributed by atoms with Crippen molar-refractivity contribution in [3.8, 4) is 11.4 Å². The van der Waals surface area contributed by atoms with Crippen LogP contribution in [0, 0.1) is 6.92 Å². The molecule has 33 heavy (non-hydrogen) atoms. The number of thiophene rings is 1. The molecule has 0 saturated carbocycles. The van der Waals surface area contributed by atoms with Gasteiger partial charge >= 0.3 is 0 Å². The second-order valence-electron chi connectivity index (χ2n) is 8.34. The highest BCUT2D eigenvalue weighted by Crippen LogP contribution is 2.35. The van der Waals surface area contributed by atoms with Crippen molar-refractivity contribution in [1.29, 1.82) is 0 Å². The molecule has 6 nitrogen and oxygen atoms in total. The third kappa shape index (κ3) is 5.38. The summed E-state index contributed by atoms with van der Waals surface area (Å²) in [4.78, 5) is 16.3. The Morgan fingerprint density at radius 1 is 1.18 bits per heavy atom. The summed E-state index contributed by atoms with van der Waals surface area (Å²) in [5.41, 5.74) is 2.87. The predicted molar refractivity (Wildman–Crippen MR) is 133 cm³/mol. The van der Waals surface area contributed by atoms with E-state index in [1.54, 1.807) is 43.6 Å². The molecule has 4 heterocycles. The molecule has 0 saturated heterocycles. The maximum absolute atomic E-state index is 10.3. The molecule has 0 atom stereocenters. The van der Waals surface area contributed by atoms with Crippen molar-refractivity contribution in [2.75, 3.05) is 11.4 Å². The van der Waals surface area contributed by atoms with Gasteiger partial charge < -0.3 is 14.7 Å². The Hall–Kier alpha value is -2.45. The maximum atomic E-state index is 10.3. The van der Waals surface area contributed by atoms with E-state index in [2.05, 4.69) is 33.3 Å². The van der Waals surface area contributed by atoms with E-state index in [9.17, 15) is 5.11 Å². The van der Waals surface area contributed by atoms with Crippen LogP contribution in [-0.2, 0) is 16.9 Å². The third-order valence-electron chi connectivity index (χ3n) is 5.10. The molecule has 0 unspecified atom stereocenters. The number of aromatic nitrogens is 3. The van der Waals surface area contributed by atoms with Crippen molar-refractivity contribution in [3.05, 3.63) is 79.8 Å². The lowest BCUT2D eigenvalue weighted by Crippen LogP contribution is -2.27. The Kier molecular flexibility index (Phi) is 6.77. The molecule has 3 aromatic heterocycles. The van der Waals surface area contributed by atoms with E-state index in [0.29, 0.717) is 46.2 Å². The SMILES string of the molecule is CC1=CC(OCc2csc(C)c2)=C(Cl)CN1c1cc(-c2ccnc(C(C)(C)O)n2)ncc1Cl. The molecule has 4 rings (SSSR count). The van der Waals surface area contributed by atoms with Crippen molar-refractivity contribution in [1.82, 2.24) is 15.0 Å². The maximum Gasteiger partial charge on any atom is 0.160 e. The van der Waals surface area contributed by atoms with E-state index < -0.39 is 5.60 Å². The smallest absolute Gasteiger partial charge is 0.160 e. The summed E-state index contributed by atoms with van der Waals surface area (Å²) in [6, 6.07) is 5.72. The zero-order valence-electron chi connectivity index (χ0n) is 18.8. The number of halogens is 2. The summed E-state index contributed by atoms with van der Waals surface area (Å²) in [6.45, 7) is 8.23. The summed E-state index contributed by atoms with van der Waals surface area (Å²) in [5, 5.41) is 13.4. The van der Waals surface area contributed by atoms with Gasteiger partial charge in [0.15, 0.2) is 5.82 Å². The first-order chi connectivity index (χ1) is 15.6.